The van der Waals surface area contributed by atoms with Crippen LogP contribution in [0.3, 0.4) is 0 Å². The van der Waals surface area contributed by atoms with Crippen LogP contribution in [0.1, 0.15) is 45.8 Å². The topological polar surface area (TPSA) is 104 Å². The van der Waals surface area contributed by atoms with Crippen molar-refractivity contribution >= 4 is 11.8 Å². The number of nitrogens with one attached hydrogen (secondary N) is 1. The number of carbonyl (C=O) groups excluding carboxylic acids is 2. The Morgan fingerprint density at radius 1 is 1.03 bits per heavy atom. The summed E-state index contributed by atoms with van der Waals surface area (Å²) >= 11 is 0. The SMILES string of the molecule is O=C(NCC(F)(F)F)c1ccc(-n2nnc(C(=O)N3CCN(CCO)CC3)c2CCCCCF)cc1. The van der Waals surface area contributed by atoms with Crippen molar-refractivity contribution in [2.75, 3.05) is 52.6 Å². The highest BCUT2D eigenvalue weighted by atomic mass is 19.4. The Hall–Kier alpha value is -3.06. The Morgan fingerprint density at radius 3 is 2.33 bits per heavy atom. The van der Waals surface area contributed by atoms with Gasteiger partial charge in [-0.1, -0.05) is 11.6 Å². The Morgan fingerprint density at radius 2 is 1.72 bits per heavy atom. The monoisotopic (exact) mass is 514 g/mol. The number of piperazine rings is 1. The molecule has 1 saturated heterocycles. The molecule has 2 amide bonds. The maximum Gasteiger partial charge on any atom is 0.405 e. The summed E-state index contributed by atoms with van der Waals surface area (Å²) in [7, 11) is 0. The molecule has 0 aliphatic carbocycles. The summed E-state index contributed by atoms with van der Waals surface area (Å²) in [5.74, 6) is -1.13. The minimum absolute atomic E-state index is 0.0460. The standard InChI is InChI=1S/C23H30F4N6O3/c24-9-3-1-2-4-19-20(22(36)32-12-10-31(11-13-32)14-15-34)29-30-33(19)18-7-5-17(6-8-18)21(35)28-16-23(25,26)27/h5-8,34H,1-4,9-16H2,(H,28,35). The fraction of sp³-hybridized carbons (Fsp3) is 0.565. The van der Waals surface area contributed by atoms with Gasteiger partial charge in [0.15, 0.2) is 5.69 Å². The molecule has 1 aromatic heterocycles. The number of rotatable bonds is 11. The first-order valence-corrected chi connectivity index (χ1v) is 11.8. The summed E-state index contributed by atoms with van der Waals surface area (Å²) < 4.78 is 51.1. The summed E-state index contributed by atoms with van der Waals surface area (Å²) in [6, 6.07) is 5.78. The number of halogens is 4. The minimum atomic E-state index is -4.51. The molecule has 9 nitrogen and oxygen atoms in total. The number of alkyl halides is 4. The van der Waals surface area contributed by atoms with Gasteiger partial charge in [-0.05, 0) is 43.5 Å². The lowest BCUT2D eigenvalue weighted by molar-refractivity contribution is -0.123. The molecule has 2 N–H and O–H groups in total. The van der Waals surface area contributed by atoms with Crippen LogP contribution in [0.2, 0.25) is 0 Å². The zero-order valence-electron chi connectivity index (χ0n) is 19.8. The van der Waals surface area contributed by atoms with E-state index < -0.39 is 25.3 Å². The van der Waals surface area contributed by atoms with E-state index in [2.05, 4.69) is 15.2 Å². The predicted octanol–water partition coefficient (Wildman–Crippen LogP) is 1.99. The van der Waals surface area contributed by atoms with Crippen molar-refractivity contribution in [3.63, 3.8) is 0 Å². The molecular weight excluding hydrogens is 484 g/mol. The molecule has 3 rings (SSSR count). The van der Waals surface area contributed by atoms with E-state index in [0.29, 0.717) is 69.8 Å². The number of hydrogen-bond donors (Lipinski definition) is 2. The number of aliphatic hydroxyl groups is 1. The molecular formula is C23H30F4N6O3. The first-order valence-electron chi connectivity index (χ1n) is 11.8. The van der Waals surface area contributed by atoms with Gasteiger partial charge < -0.3 is 15.3 Å². The molecule has 0 saturated carbocycles. The summed E-state index contributed by atoms with van der Waals surface area (Å²) in [4.78, 5) is 29.0. The molecule has 0 spiro atoms. The largest absolute Gasteiger partial charge is 0.405 e. The number of benzene rings is 1. The van der Waals surface area contributed by atoms with Crippen molar-refractivity contribution in [1.29, 1.82) is 0 Å². The molecule has 0 unspecified atom stereocenters. The number of carbonyl (C=O) groups is 2. The summed E-state index contributed by atoms with van der Waals surface area (Å²) in [6.45, 7) is 0.951. The molecule has 1 fully saturated rings. The third kappa shape index (κ3) is 7.47. The van der Waals surface area contributed by atoms with E-state index in [-0.39, 0.29) is 23.8 Å². The number of nitrogens with zero attached hydrogens (tertiary/aromatic N) is 5. The second-order valence-electron chi connectivity index (χ2n) is 8.50. The van der Waals surface area contributed by atoms with E-state index in [4.69, 9.17) is 5.11 Å². The summed E-state index contributed by atoms with van der Waals surface area (Å²) in [6.07, 6.45) is -2.46. The molecule has 0 radical (unpaired) electrons. The quantitative estimate of drug-likeness (QED) is 0.351. The van der Waals surface area contributed by atoms with Gasteiger partial charge in [-0.25, -0.2) is 4.68 Å². The van der Waals surface area contributed by atoms with E-state index >= 15 is 0 Å². The second kappa shape index (κ2) is 12.8. The van der Waals surface area contributed by atoms with Crippen molar-refractivity contribution in [2.45, 2.75) is 31.9 Å². The van der Waals surface area contributed by atoms with Crippen LogP contribution >= 0.6 is 0 Å². The van der Waals surface area contributed by atoms with Crippen LogP contribution in [0, 0.1) is 0 Å². The normalized spacial score (nSPS) is 14.8. The highest BCUT2D eigenvalue weighted by Gasteiger charge is 2.29. The maximum atomic E-state index is 13.3. The van der Waals surface area contributed by atoms with Crippen LogP contribution in [0.15, 0.2) is 24.3 Å². The Bertz CT molecular complexity index is 1000. The van der Waals surface area contributed by atoms with Gasteiger partial charge >= 0.3 is 6.18 Å². The van der Waals surface area contributed by atoms with E-state index in [1.165, 1.54) is 28.9 Å². The first kappa shape index (κ1) is 27.5. The fourth-order valence-corrected chi connectivity index (χ4v) is 3.97. The minimum Gasteiger partial charge on any atom is -0.395 e. The van der Waals surface area contributed by atoms with Gasteiger partial charge in [0.1, 0.15) is 6.54 Å². The van der Waals surface area contributed by atoms with Crippen LogP contribution in [-0.2, 0) is 6.42 Å². The molecule has 1 aliphatic rings. The lowest BCUT2D eigenvalue weighted by Gasteiger charge is -2.34. The van der Waals surface area contributed by atoms with Crippen LogP contribution < -0.4 is 5.32 Å². The molecule has 198 valence electrons. The van der Waals surface area contributed by atoms with E-state index in [1.54, 1.807) is 4.90 Å². The Labute approximate surface area is 206 Å². The lowest BCUT2D eigenvalue weighted by Crippen LogP contribution is -2.49. The number of unbranched alkanes of at least 4 members (excludes halogenated alkanes) is 2. The van der Waals surface area contributed by atoms with Crippen molar-refractivity contribution in [1.82, 2.24) is 30.1 Å². The van der Waals surface area contributed by atoms with Crippen LogP contribution in [0.4, 0.5) is 17.6 Å². The zero-order chi connectivity index (χ0) is 26.1. The third-order valence-corrected chi connectivity index (χ3v) is 5.91. The van der Waals surface area contributed by atoms with Crippen molar-refractivity contribution in [2.24, 2.45) is 0 Å². The van der Waals surface area contributed by atoms with Gasteiger partial charge in [0.05, 0.1) is 24.7 Å². The molecule has 13 heteroatoms. The second-order valence-corrected chi connectivity index (χ2v) is 8.50. The first-order chi connectivity index (χ1) is 17.2. The Kier molecular flexibility index (Phi) is 9.76. The molecule has 2 aromatic rings. The van der Waals surface area contributed by atoms with E-state index in [1.807, 2.05) is 5.32 Å². The molecule has 0 atom stereocenters. The van der Waals surface area contributed by atoms with Gasteiger partial charge in [0.2, 0.25) is 0 Å². The molecule has 2 heterocycles. The molecule has 36 heavy (non-hydrogen) atoms. The van der Waals surface area contributed by atoms with Gasteiger partial charge in [0, 0.05) is 38.3 Å². The van der Waals surface area contributed by atoms with Crippen molar-refractivity contribution in [3.8, 4) is 5.69 Å². The van der Waals surface area contributed by atoms with Gasteiger partial charge in [-0.2, -0.15) is 13.2 Å². The highest BCUT2D eigenvalue weighted by molar-refractivity contribution is 5.94. The van der Waals surface area contributed by atoms with Gasteiger partial charge in [0.25, 0.3) is 11.8 Å². The Balaban J connectivity index is 1.78. The van der Waals surface area contributed by atoms with Crippen LogP contribution in [-0.4, -0.2) is 100 Å². The number of hydrogen-bond acceptors (Lipinski definition) is 6. The number of aromatic nitrogens is 3. The van der Waals surface area contributed by atoms with Crippen LogP contribution in [0.25, 0.3) is 5.69 Å². The highest BCUT2D eigenvalue weighted by Crippen LogP contribution is 2.20. The average molecular weight is 515 g/mol. The average Bonchev–Trinajstić information content (AvgIpc) is 3.29. The third-order valence-electron chi connectivity index (χ3n) is 5.91. The van der Waals surface area contributed by atoms with E-state index in [0.717, 1.165) is 0 Å². The van der Waals surface area contributed by atoms with Crippen LogP contribution in [0.5, 0.6) is 0 Å². The zero-order valence-corrected chi connectivity index (χ0v) is 19.8. The molecule has 1 aromatic carbocycles. The smallest absolute Gasteiger partial charge is 0.395 e. The lowest BCUT2D eigenvalue weighted by atomic mass is 10.1. The van der Waals surface area contributed by atoms with Crippen molar-refractivity contribution in [3.05, 3.63) is 41.2 Å². The van der Waals surface area contributed by atoms with Gasteiger partial charge in [-0.3, -0.25) is 18.9 Å². The van der Waals surface area contributed by atoms with E-state index in [9.17, 15) is 27.2 Å². The van der Waals surface area contributed by atoms with Crippen molar-refractivity contribution < 1.29 is 32.3 Å². The fourth-order valence-electron chi connectivity index (χ4n) is 3.97. The predicted molar refractivity (Wildman–Crippen MR) is 123 cm³/mol. The molecule has 1 aliphatic heterocycles. The maximum absolute atomic E-state index is 13.3. The number of β-amino-alcohol motifs (C(OH)–C–C–N with tert-alkyl or cyclic N) is 1. The number of aliphatic hydroxyl groups excluding tert-OH is 1. The number of amides is 2. The summed E-state index contributed by atoms with van der Waals surface area (Å²) in [5, 5.41) is 19.2. The van der Waals surface area contributed by atoms with Gasteiger partial charge in [-0.15, -0.1) is 5.10 Å². The molecule has 0 bridgehead atoms. The summed E-state index contributed by atoms with van der Waals surface area (Å²) in [5.41, 5.74) is 1.27.